The minimum absolute atomic E-state index is 0.139. The van der Waals surface area contributed by atoms with Crippen molar-refractivity contribution in [1.82, 2.24) is 0 Å². The van der Waals surface area contributed by atoms with Crippen LogP contribution < -0.4 is 10.5 Å². The molecular weight excluding hydrogens is 257 g/mol. The van der Waals surface area contributed by atoms with E-state index in [4.69, 9.17) is 5.73 Å². The molecular formula is C11H12F5NO. The van der Waals surface area contributed by atoms with E-state index >= 15 is 0 Å². The summed E-state index contributed by atoms with van der Waals surface area (Å²) in [5, 5.41) is 0. The van der Waals surface area contributed by atoms with Gasteiger partial charge >= 0.3 is 12.3 Å². The van der Waals surface area contributed by atoms with Crippen LogP contribution in [0.2, 0.25) is 0 Å². The molecule has 0 bridgehead atoms. The van der Waals surface area contributed by atoms with Gasteiger partial charge in [-0.2, -0.15) is 8.78 Å². The van der Waals surface area contributed by atoms with Gasteiger partial charge in [-0.05, 0) is 13.0 Å². The number of halogens is 5. The van der Waals surface area contributed by atoms with Crippen molar-refractivity contribution in [2.45, 2.75) is 25.3 Å². The van der Waals surface area contributed by atoms with Gasteiger partial charge in [-0.25, -0.2) is 13.2 Å². The van der Waals surface area contributed by atoms with Gasteiger partial charge in [0, 0.05) is 11.6 Å². The topological polar surface area (TPSA) is 35.2 Å². The summed E-state index contributed by atoms with van der Waals surface area (Å²) in [5.74, 6) is -5.78. The average molecular weight is 269 g/mol. The highest BCUT2D eigenvalue weighted by Crippen LogP contribution is 2.30. The molecule has 0 saturated carbocycles. The summed E-state index contributed by atoms with van der Waals surface area (Å²) in [6.07, 6.45) is -3.87. The number of hydrogen-bond donors (Lipinski definition) is 1. The van der Waals surface area contributed by atoms with E-state index in [0.29, 0.717) is 0 Å². The lowest BCUT2D eigenvalue weighted by molar-refractivity contribution is -0.148. The molecule has 18 heavy (non-hydrogen) atoms. The Kier molecular flexibility index (Phi) is 4.50. The first kappa shape index (κ1) is 14.7. The quantitative estimate of drug-likeness (QED) is 0.833. The van der Waals surface area contributed by atoms with Crippen molar-refractivity contribution in [2.24, 2.45) is 5.73 Å². The summed E-state index contributed by atoms with van der Waals surface area (Å²) >= 11 is 0. The van der Waals surface area contributed by atoms with E-state index in [9.17, 15) is 22.0 Å². The van der Waals surface area contributed by atoms with E-state index in [2.05, 4.69) is 4.74 Å². The van der Waals surface area contributed by atoms with Crippen LogP contribution in [0.25, 0.3) is 0 Å². The number of ether oxygens (including phenoxy) is 1. The van der Waals surface area contributed by atoms with Gasteiger partial charge in [-0.15, -0.1) is 0 Å². The largest absolute Gasteiger partial charge is 0.484 e. The van der Waals surface area contributed by atoms with E-state index in [-0.39, 0.29) is 5.56 Å². The molecule has 0 aliphatic heterocycles. The van der Waals surface area contributed by atoms with Crippen molar-refractivity contribution in [3.63, 3.8) is 0 Å². The second kappa shape index (κ2) is 5.51. The van der Waals surface area contributed by atoms with Gasteiger partial charge in [0.05, 0.1) is 0 Å². The van der Waals surface area contributed by atoms with Crippen LogP contribution in [-0.2, 0) is 0 Å². The predicted octanol–water partition coefficient (Wildman–Crippen LogP) is 3.12. The van der Waals surface area contributed by atoms with Crippen molar-refractivity contribution in [2.75, 3.05) is 6.61 Å². The van der Waals surface area contributed by atoms with Crippen molar-refractivity contribution >= 4 is 0 Å². The van der Waals surface area contributed by atoms with Gasteiger partial charge in [-0.3, -0.25) is 0 Å². The molecule has 102 valence electrons. The Morgan fingerprint density at radius 3 is 2.44 bits per heavy atom. The Morgan fingerprint density at radius 1 is 1.33 bits per heavy atom. The standard InChI is InChI=1S/C11H12F5NO/c1-6(17)7-3-2-4-8(12)9(7)18-5-11(15,16)10(13)14/h2-4,6,10H,5,17H2,1H3. The zero-order valence-corrected chi connectivity index (χ0v) is 9.47. The normalized spacial score (nSPS) is 13.8. The fraction of sp³-hybridized carbons (Fsp3) is 0.455. The first-order chi connectivity index (χ1) is 8.25. The van der Waals surface area contributed by atoms with Crippen molar-refractivity contribution < 1.29 is 26.7 Å². The molecule has 0 aromatic heterocycles. The molecule has 0 spiro atoms. The molecule has 7 heteroatoms. The lowest BCUT2D eigenvalue weighted by Crippen LogP contribution is -2.34. The molecule has 0 aliphatic rings. The smallest absolute Gasteiger partial charge is 0.340 e. The highest BCUT2D eigenvalue weighted by atomic mass is 19.3. The Balaban J connectivity index is 2.91. The third-order valence-electron chi connectivity index (χ3n) is 2.22. The lowest BCUT2D eigenvalue weighted by atomic mass is 10.1. The number of benzene rings is 1. The van der Waals surface area contributed by atoms with E-state index in [1.165, 1.54) is 19.1 Å². The SMILES string of the molecule is CC(N)c1cccc(F)c1OCC(F)(F)C(F)F. The molecule has 1 atom stereocenters. The molecule has 0 amide bonds. The van der Waals surface area contributed by atoms with Crippen LogP contribution in [0.1, 0.15) is 18.5 Å². The molecule has 0 fully saturated rings. The summed E-state index contributed by atoms with van der Waals surface area (Å²) in [5.41, 5.74) is 5.64. The fourth-order valence-electron chi connectivity index (χ4n) is 1.27. The van der Waals surface area contributed by atoms with Crippen LogP contribution in [-0.4, -0.2) is 19.0 Å². The highest BCUT2D eigenvalue weighted by molar-refractivity contribution is 5.37. The molecule has 2 N–H and O–H groups in total. The zero-order chi connectivity index (χ0) is 13.9. The van der Waals surface area contributed by atoms with Crippen LogP contribution >= 0.6 is 0 Å². The number of para-hydroxylation sites is 1. The second-order valence-electron chi connectivity index (χ2n) is 3.80. The van der Waals surface area contributed by atoms with Crippen LogP contribution in [0, 0.1) is 5.82 Å². The van der Waals surface area contributed by atoms with E-state index in [1.807, 2.05) is 0 Å². The van der Waals surface area contributed by atoms with Crippen LogP contribution in [0.3, 0.4) is 0 Å². The first-order valence-corrected chi connectivity index (χ1v) is 5.08. The second-order valence-corrected chi connectivity index (χ2v) is 3.80. The van der Waals surface area contributed by atoms with E-state index in [1.54, 1.807) is 0 Å². The van der Waals surface area contributed by atoms with Gasteiger partial charge in [0.2, 0.25) is 0 Å². The van der Waals surface area contributed by atoms with E-state index < -0.39 is 36.6 Å². The maximum atomic E-state index is 13.4. The maximum absolute atomic E-state index is 13.4. The summed E-state index contributed by atoms with van der Waals surface area (Å²) in [7, 11) is 0. The fourth-order valence-corrected chi connectivity index (χ4v) is 1.27. The maximum Gasteiger partial charge on any atom is 0.340 e. The highest BCUT2D eigenvalue weighted by Gasteiger charge is 2.42. The Bertz CT molecular complexity index is 408. The molecule has 1 aromatic rings. The van der Waals surface area contributed by atoms with Crippen LogP contribution in [0.5, 0.6) is 5.75 Å². The minimum atomic E-state index is -4.34. The third kappa shape index (κ3) is 3.32. The summed E-state index contributed by atoms with van der Waals surface area (Å²) in [6, 6.07) is 3.01. The summed E-state index contributed by atoms with van der Waals surface area (Å²) < 4.78 is 67.0. The molecule has 0 saturated heterocycles. The number of alkyl halides is 4. The lowest BCUT2D eigenvalue weighted by Gasteiger charge is -2.19. The first-order valence-electron chi connectivity index (χ1n) is 5.08. The van der Waals surface area contributed by atoms with Gasteiger partial charge < -0.3 is 10.5 Å². The molecule has 0 aliphatic carbocycles. The Hall–Kier alpha value is -1.37. The summed E-state index contributed by atoms with van der Waals surface area (Å²) in [4.78, 5) is 0. The molecule has 0 heterocycles. The van der Waals surface area contributed by atoms with Gasteiger partial charge in [0.15, 0.2) is 18.2 Å². The number of nitrogens with two attached hydrogens (primary N) is 1. The Labute approximate surface area is 101 Å². The van der Waals surface area contributed by atoms with Crippen molar-refractivity contribution in [3.05, 3.63) is 29.6 Å². The molecule has 0 radical (unpaired) electrons. The summed E-state index contributed by atoms with van der Waals surface area (Å²) in [6.45, 7) is -0.113. The molecule has 1 unspecified atom stereocenters. The average Bonchev–Trinajstić information content (AvgIpc) is 2.26. The van der Waals surface area contributed by atoms with Crippen molar-refractivity contribution in [3.8, 4) is 5.75 Å². The number of hydrogen-bond acceptors (Lipinski definition) is 2. The van der Waals surface area contributed by atoms with Crippen LogP contribution in [0.15, 0.2) is 18.2 Å². The predicted molar refractivity (Wildman–Crippen MR) is 55.4 cm³/mol. The zero-order valence-electron chi connectivity index (χ0n) is 9.47. The molecule has 1 rings (SSSR count). The van der Waals surface area contributed by atoms with Gasteiger partial charge in [0.1, 0.15) is 0 Å². The monoisotopic (exact) mass is 269 g/mol. The Morgan fingerprint density at radius 2 is 1.94 bits per heavy atom. The number of rotatable bonds is 5. The molecule has 2 nitrogen and oxygen atoms in total. The van der Waals surface area contributed by atoms with Gasteiger partial charge in [-0.1, -0.05) is 12.1 Å². The molecule has 1 aromatic carbocycles. The minimum Gasteiger partial charge on any atom is -0.484 e. The van der Waals surface area contributed by atoms with E-state index in [0.717, 1.165) is 6.07 Å². The van der Waals surface area contributed by atoms with Crippen LogP contribution in [0.4, 0.5) is 22.0 Å². The van der Waals surface area contributed by atoms with Crippen molar-refractivity contribution in [1.29, 1.82) is 0 Å². The van der Waals surface area contributed by atoms with Gasteiger partial charge in [0.25, 0.3) is 0 Å². The third-order valence-corrected chi connectivity index (χ3v) is 2.22.